The van der Waals surface area contributed by atoms with Crippen LogP contribution in [0.2, 0.25) is 5.02 Å². The van der Waals surface area contributed by atoms with Crippen LogP contribution in [0.15, 0.2) is 30.3 Å². The van der Waals surface area contributed by atoms with Crippen LogP contribution in [0.25, 0.3) is 10.9 Å². The molecule has 1 aromatic heterocycles. The lowest BCUT2D eigenvalue weighted by Gasteiger charge is -2.13. The van der Waals surface area contributed by atoms with Crippen molar-refractivity contribution < 1.29 is 9.13 Å². The number of rotatable bonds is 2. The van der Waals surface area contributed by atoms with E-state index in [1.165, 1.54) is 0 Å². The van der Waals surface area contributed by atoms with E-state index in [4.69, 9.17) is 27.8 Å². The van der Waals surface area contributed by atoms with Crippen LogP contribution in [0.3, 0.4) is 0 Å². The zero-order chi connectivity index (χ0) is 16.6. The molecular formula is C15H9ClFN5O. The molecule has 114 valence electrons. The predicted octanol–water partition coefficient (Wildman–Crippen LogP) is 3.25. The van der Waals surface area contributed by atoms with Gasteiger partial charge in [0, 0.05) is 0 Å². The van der Waals surface area contributed by atoms with Gasteiger partial charge in [-0.2, -0.15) is 10.2 Å². The number of ether oxygens (including phenoxy) is 1. The van der Waals surface area contributed by atoms with Gasteiger partial charge in [-0.05, 0) is 12.1 Å². The van der Waals surface area contributed by atoms with Crippen LogP contribution in [0.5, 0.6) is 11.5 Å². The third-order valence-electron chi connectivity index (χ3n) is 3.10. The van der Waals surface area contributed by atoms with Gasteiger partial charge in [0.15, 0.2) is 11.6 Å². The van der Waals surface area contributed by atoms with E-state index in [1.54, 1.807) is 30.3 Å². The molecular weight excluding hydrogens is 321 g/mol. The fraction of sp³-hybridized carbons (Fsp3) is 0. The molecule has 0 saturated heterocycles. The normalized spacial score (nSPS) is 10.5. The van der Waals surface area contributed by atoms with Gasteiger partial charge in [0.1, 0.15) is 28.7 Å². The standard InChI is InChI=1S/C15H9ClFN5O/c16-10-8(6-18)13(23-7-4-2-1-3-5-7)11(17)12-9(10)14(19)22-15(20)21-12/h1-5H,(H4,19,20,21,22). The van der Waals surface area contributed by atoms with E-state index in [2.05, 4.69) is 9.97 Å². The van der Waals surface area contributed by atoms with E-state index in [1.807, 2.05) is 6.07 Å². The first-order valence-electron chi connectivity index (χ1n) is 6.39. The van der Waals surface area contributed by atoms with Crippen LogP contribution in [0.1, 0.15) is 5.56 Å². The number of hydrogen-bond acceptors (Lipinski definition) is 6. The van der Waals surface area contributed by atoms with E-state index in [9.17, 15) is 9.65 Å². The Hall–Kier alpha value is -3.11. The van der Waals surface area contributed by atoms with Crippen molar-refractivity contribution in [3.8, 4) is 17.6 Å². The van der Waals surface area contributed by atoms with Crippen molar-refractivity contribution in [2.75, 3.05) is 11.5 Å². The molecule has 6 nitrogen and oxygen atoms in total. The molecule has 23 heavy (non-hydrogen) atoms. The topological polar surface area (TPSA) is 111 Å². The Balaban J connectivity index is 2.34. The number of para-hydroxylation sites is 1. The lowest BCUT2D eigenvalue weighted by Crippen LogP contribution is -2.04. The third kappa shape index (κ3) is 2.45. The van der Waals surface area contributed by atoms with Crippen LogP contribution in [-0.2, 0) is 0 Å². The van der Waals surface area contributed by atoms with Gasteiger partial charge in [0.25, 0.3) is 0 Å². The maximum absolute atomic E-state index is 14.8. The SMILES string of the molecule is N#Cc1c(Oc2ccccc2)c(F)c2nc(N)nc(N)c2c1Cl. The maximum Gasteiger partial charge on any atom is 0.222 e. The Morgan fingerprint density at radius 2 is 1.87 bits per heavy atom. The van der Waals surface area contributed by atoms with Gasteiger partial charge in [0.05, 0.1) is 10.4 Å². The molecule has 0 saturated carbocycles. The molecule has 2 aromatic carbocycles. The van der Waals surface area contributed by atoms with Crippen molar-refractivity contribution in [2.45, 2.75) is 0 Å². The first-order valence-corrected chi connectivity index (χ1v) is 6.77. The number of nitrogens with two attached hydrogens (primary N) is 2. The summed E-state index contributed by atoms with van der Waals surface area (Å²) in [5, 5.41) is 9.25. The number of nitrogen functional groups attached to an aromatic ring is 2. The average molecular weight is 330 g/mol. The molecule has 3 rings (SSSR count). The van der Waals surface area contributed by atoms with Gasteiger partial charge in [-0.15, -0.1) is 0 Å². The minimum absolute atomic E-state index is 0.0235. The zero-order valence-corrected chi connectivity index (χ0v) is 12.3. The van der Waals surface area contributed by atoms with Gasteiger partial charge in [-0.3, -0.25) is 0 Å². The molecule has 0 radical (unpaired) electrons. The van der Waals surface area contributed by atoms with E-state index < -0.39 is 5.82 Å². The Labute approximate surface area is 135 Å². The van der Waals surface area contributed by atoms with Gasteiger partial charge >= 0.3 is 0 Å². The van der Waals surface area contributed by atoms with Crippen LogP contribution in [0.4, 0.5) is 16.2 Å². The predicted molar refractivity (Wildman–Crippen MR) is 84.6 cm³/mol. The largest absolute Gasteiger partial charge is 0.453 e. The van der Waals surface area contributed by atoms with Crippen molar-refractivity contribution in [1.29, 1.82) is 5.26 Å². The summed E-state index contributed by atoms with van der Waals surface area (Å²) in [5.41, 5.74) is 10.8. The molecule has 0 aliphatic carbocycles. The molecule has 0 amide bonds. The average Bonchev–Trinajstić information content (AvgIpc) is 2.53. The van der Waals surface area contributed by atoms with Crippen LogP contribution in [-0.4, -0.2) is 9.97 Å². The smallest absolute Gasteiger partial charge is 0.222 e. The molecule has 0 fully saturated rings. The fourth-order valence-corrected chi connectivity index (χ4v) is 2.43. The van der Waals surface area contributed by atoms with Crippen LogP contribution in [0, 0.1) is 17.1 Å². The molecule has 0 spiro atoms. The summed E-state index contributed by atoms with van der Waals surface area (Å²) in [6.07, 6.45) is 0. The minimum atomic E-state index is -0.884. The molecule has 4 N–H and O–H groups in total. The van der Waals surface area contributed by atoms with E-state index >= 15 is 0 Å². The highest BCUT2D eigenvalue weighted by atomic mass is 35.5. The summed E-state index contributed by atoms with van der Waals surface area (Å²) in [4.78, 5) is 7.55. The second kappa shape index (κ2) is 5.59. The van der Waals surface area contributed by atoms with Crippen LogP contribution < -0.4 is 16.2 Å². The number of hydrogen-bond donors (Lipinski definition) is 2. The molecule has 0 aliphatic rings. The highest BCUT2D eigenvalue weighted by Gasteiger charge is 2.24. The molecule has 0 unspecified atom stereocenters. The van der Waals surface area contributed by atoms with Crippen molar-refractivity contribution in [2.24, 2.45) is 0 Å². The highest BCUT2D eigenvalue weighted by molar-refractivity contribution is 6.37. The summed E-state index contributed by atoms with van der Waals surface area (Å²) in [6.45, 7) is 0. The first-order chi connectivity index (χ1) is 11.0. The number of halogens is 2. The van der Waals surface area contributed by atoms with E-state index in [-0.39, 0.29) is 39.0 Å². The number of nitrogens with zero attached hydrogens (tertiary/aromatic N) is 3. The van der Waals surface area contributed by atoms with Gasteiger partial charge in [0.2, 0.25) is 5.95 Å². The molecule has 0 bridgehead atoms. The Morgan fingerprint density at radius 3 is 2.52 bits per heavy atom. The lowest BCUT2D eigenvalue weighted by atomic mass is 10.1. The number of fused-ring (bicyclic) bond motifs is 1. The maximum atomic E-state index is 14.8. The molecule has 0 atom stereocenters. The van der Waals surface area contributed by atoms with Crippen molar-refractivity contribution in [3.05, 3.63) is 46.7 Å². The van der Waals surface area contributed by atoms with Crippen molar-refractivity contribution >= 4 is 34.3 Å². The van der Waals surface area contributed by atoms with Gasteiger partial charge in [-0.25, -0.2) is 9.37 Å². The number of nitriles is 1. The number of aromatic nitrogens is 2. The number of benzene rings is 2. The summed E-state index contributed by atoms with van der Waals surface area (Å²) < 4.78 is 20.3. The second-order valence-corrected chi connectivity index (χ2v) is 4.93. The van der Waals surface area contributed by atoms with E-state index in [0.717, 1.165) is 0 Å². The molecule has 8 heteroatoms. The Bertz CT molecular complexity index is 956. The summed E-state index contributed by atoms with van der Waals surface area (Å²) in [7, 11) is 0. The van der Waals surface area contributed by atoms with Gasteiger partial charge in [-0.1, -0.05) is 29.8 Å². The molecule has 0 aliphatic heterocycles. The first kappa shape index (κ1) is 14.8. The quantitative estimate of drug-likeness (QED) is 0.746. The van der Waals surface area contributed by atoms with E-state index in [0.29, 0.717) is 5.75 Å². The molecule has 1 heterocycles. The molecule has 3 aromatic rings. The van der Waals surface area contributed by atoms with Crippen molar-refractivity contribution in [3.63, 3.8) is 0 Å². The Kier molecular flexibility index (Phi) is 3.60. The monoisotopic (exact) mass is 329 g/mol. The zero-order valence-electron chi connectivity index (χ0n) is 11.5. The summed E-state index contributed by atoms with van der Waals surface area (Å²) in [5.74, 6) is -1.20. The van der Waals surface area contributed by atoms with Gasteiger partial charge < -0.3 is 16.2 Å². The highest BCUT2D eigenvalue weighted by Crippen LogP contribution is 2.40. The third-order valence-corrected chi connectivity index (χ3v) is 3.48. The van der Waals surface area contributed by atoms with Crippen LogP contribution >= 0.6 is 11.6 Å². The summed E-state index contributed by atoms with van der Waals surface area (Å²) >= 11 is 6.17. The minimum Gasteiger partial charge on any atom is -0.453 e. The Morgan fingerprint density at radius 1 is 1.17 bits per heavy atom. The number of anilines is 2. The fourth-order valence-electron chi connectivity index (χ4n) is 2.12. The second-order valence-electron chi connectivity index (χ2n) is 4.55. The lowest BCUT2D eigenvalue weighted by molar-refractivity contribution is 0.444. The summed E-state index contributed by atoms with van der Waals surface area (Å²) in [6, 6.07) is 10.2. The van der Waals surface area contributed by atoms with Crippen molar-refractivity contribution in [1.82, 2.24) is 9.97 Å².